The van der Waals surface area contributed by atoms with Crippen molar-refractivity contribution < 1.29 is 0 Å². The molecule has 0 radical (unpaired) electrons. The number of pyridine rings is 1. The van der Waals surface area contributed by atoms with Gasteiger partial charge in [0.25, 0.3) is 0 Å². The van der Waals surface area contributed by atoms with Crippen molar-refractivity contribution in [3.05, 3.63) is 40.0 Å². The molecule has 2 nitrogen and oxygen atoms in total. The van der Waals surface area contributed by atoms with Gasteiger partial charge in [-0.1, -0.05) is 29.3 Å². The van der Waals surface area contributed by atoms with E-state index in [0.717, 1.165) is 34.3 Å². The molecule has 0 atom stereocenters. The summed E-state index contributed by atoms with van der Waals surface area (Å²) >= 11 is 12.1. The summed E-state index contributed by atoms with van der Waals surface area (Å²) in [6.07, 6.45) is 1.83. The number of benzene rings is 1. The lowest BCUT2D eigenvalue weighted by Crippen LogP contribution is -2.00. The molecule has 4 heteroatoms. The maximum Gasteiger partial charge on any atom is 0.129 e. The fourth-order valence-corrected chi connectivity index (χ4v) is 2.15. The van der Waals surface area contributed by atoms with Crippen LogP contribution in [-0.2, 0) is 6.42 Å². The molecule has 0 saturated carbocycles. The van der Waals surface area contributed by atoms with Crippen molar-refractivity contribution in [3.8, 4) is 0 Å². The average Bonchev–Trinajstić information content (AvgIpc) is 2.28. The van der Waals surface area contributed by atoms with Gasteiger partial charge in [-0.25, -0.2) is 4.98 Å². The molecule has 1 aromatic heterocycles. The minimum absolute atomic E-state index is 0.485. The number of aromatic nitrogens is 1. The smallest absolute Gasteiger partial charge is 0.129 e. The first-order valence-electron chi connectivity index (χ1n) is 5.16. The monoisotopic (exact) mass is 254 g/mol. The summed E-state index contributed by atoms with van der Waals surface area (Å²) in [7, 11) is 0. The maximum atomic E-state index is 6.31. The Balaban J connectivity index is 2.48. The molecule has 0 bridgehead atoms. The highest BCUT2D eigenvalue weighted by atomic mass is 35.5. The van der Waals surface area contributed by atoms with Gasteiger partial charge in [0.1, 0.15) is 5.15 Å². The van der Waals surface area contributed by atoms with Gasteiger partial charge >= 0.3 is 0 Å². The number of hydrogen-bond donors (Lipinski definition) is 1. The van der Waals surface area contributed by atoms with Gasteiger partial charge in [-0.3, -0.25) is 0 Å². The van der Waals surface area contributed by atoms with Crippen molar-refractivity contribution in [2.75, 3.05) is 6.54 Å². The van der Waals surface area contributed by atoms with Gasteiger partial charge in [0.05, 0.1) is 10.5 Å². The molecule has 84 valence electrons. The van der Waals surface area contributed by atoms with E-state index in [0.29, 0.717) is 11.7 Å². The summed E-state index contributed by atoms with van der Waals surface area (Å²) in [6, 6.07) is 7.59. The Morgan fingerprint density at radius 2 is 1.94 bits per heavy atom. The van der Waals surface area contributed by atoms with E-state index in [1.54, 1.807) is 6.07 Å². The van der Waals surface area contributed by atoms with Gasteiger partial charge in [0.2, 0.25) is 0 Å². The van der Waals surface area contributed by atoms with Crippen LogP contribution in [0.25, 0.3) is 10.9 Å². The topological polar surface area (TPSA) is 38.9 Å². The van der Waals surface area contributed by atoms with E-state index in [2.05, 4.69) is 4.98 Å². The van der Waals surface area contributed by atoms with E-state index in [1.165, 1.54) is 0 Å². The van der Waals surface area contributed by atoms with E-state index >= 15 is 0 Å². The molecule has 0 spiro atoms. The molecule has 0 amide bonds. The number of halogens is 2. The third-order valence-corrected chi connectivity index (χ3v) is 3.16. The SMILES string of the molecule is NCCCc1ccc2nc(Cl)ccc2c1Cl. The molecule has 1 heterocycles. The first kappa shape index (κ1) is 11.6. The predicted molar refractivity (Wildman–Crippen MR) is 69.1 cm³/mol. The highest BCUT2D eigenvalue weighted by Gasteiger charge is 2.06. The van der Waals surface area contributed by atoms with Crippen LogP contribution in [0, 0.1) is 0 Å². The predicted octanol–water partition coefficient (Wildman–Crippen LogP) is 3.43. The highest BCUT2D eigenvalue weighted by molar-refractivity contribution is 6.36. The van der Waals surface area contributed by atoms with Crippen molar-refractivity contribution in [3.63, 3.8) is 0 Å². The standard InChI is InChI=1S/C12H12Cl2N2/c13-11-6-4-9-10(16-11)5-3-8(12(9)14)2-1-7-15/h3-6H,1-2,7,15H2. The van der Waals surface area contributed by atoms with Crippen LogP contribution < -0.4 is 5.73 Å². The van der Waals surface area contributed by atoms with Crippen LogP contribution in [0.2, 0.25) is 10.2 Å². The Morgan fingerprint density at radius 1 is 1.12 bits per heavy atom. The number of hydrogen-bond acceptors (Lipinski definition) is 2. The molecule has 1 aromatic carbocycles. The number of fused-ring (bicyclic) bond motifs is 1. The molecular weight excluding hydrogens is 243 g/mol. The minimum atomic E-state index is 0.485. The van der Waals surface area contributed by atoms with Gasteiger partial charge in [0.15, 0.2) is 0 Å². The van der Waals surface area contributed by atoms with Gasteiger partial charge in [-0.2, -0.15) is 0 Å². The second-order valence-electron chi connectivity index (χ2n) is 3.63. The molecule has 0 aliphatic rings. The van der Waals surface area contributed by atoms with Crippen LogP contribution in [0.15, 0.2) is 24.3 Å². The molecule has 0 saturated heterocycles. The zero-order chi connectivity index (χ0) is 11.5. The Hall–Kier alpha value is -0.830. The van der Waals surface area contributed by atoms with E-state index < -0.39 is 0 Å². The summed E-state index contributed by atoms with van der Waals surface area (Å²) in [4.78, 5) is 4.21. The van der Waals surface area contributed by atoms with Crippen LogP contribution in [0.4, 0.5) is 0 Å². The first-order chi connectivity index (χ1) is 7.72. The minimum Gasteiger partial charge on any atom is -0.330 e. The normalized spacial score (nSPS) is 10.9. The lowest BCUT2D eigenvalue weighted by Gasteiger charge is -2.06. The van der Waals surface area contributed by atoms with Crippen LogP contribution in [0.3, 0.4) is 0 Å². The van der Waals surface area contributed by atoms with Crippen molar-refractivity contribution >= 4 is 34.1 Å². The van der Waals surface area contributed by atoms with Crippen molar-refractivity contribution in [1.29, 1.82) is 0 Å². The molecule has 2 N–H and O–H groups in total. The molecule has 0 fully saturated rings. The van der Waals surface area contributed by atoms with Gasteiger partial charge < -0.3 is 5.73 Å². The molecule has 2 rings (SSSR count). The largest absolute Gasteiger partial charge is 0.330 e. The number of rotatable bonds is 3. The third-order valence-electron chi connectivity index (χ3n) is 2.50. The fourth-order valence-electron chi connectivity index (χ4n) is 1.67. The Bertz CT molecular complexity index is 512. The highest BCUT2D eigenvalue weighted by Crippen LogP contribution is 2.28. The third kappa shape index (κ3) is 2.29. The van der Waals surface area contributed by atoms with Gasteiger partial charge in [0, 0.05) is 5.39 Å². The van der Waals surface area contributed by atoms with E-state index in [9.17, 15) is 0 Å². The molecule has 2 aromatic rings. The number of aryl methyl sites for hydroxylation is 1. The summed E-state index contributed by atoms with van der Waals surface area (Å²) in [6.45, 7) is 0.674. The fraction of sp³-hybridized carbons (Fsp3) is 0.250. The molecule has 0 unspecified atom stereocenters. The summed E-state index contributed by atoms with van der Waals surface area (Å²) < 4.78 is 0. The van der Waals surface area contributed by atoms with Gasteiger partial charge in [-0.15, -0.1) is 0 Å². The summed E-state index contributed by atoms with van der Waals surface area (Å²) in [5.74, 6) is 0. The van der Waals surface area contributed by atoms with Crippen molar-refractivity contribution in [2.45, 2.75) is 12.8 Å². The van der Waals surface area contributed by atoms with Crippen LogP contribution >= 0.6 is 23.2 Å². The first-order valence-corrected chi connectivity index (χ1v) is 5.91. The second kappa shape index (κ2) is 5.00. The summed E-state index contributed by atoms with van der Waals surface area (Å²) in [5, 5.41) is 2.19. The molecule has 16 heavy (non-hydrogen) atoms. The van der Waals surface area contributed by atoms with E-state index in [1.807, 2.05) is 18.2 Å². The van der Waals surface area contributed by atoms with Crippen LogP contribution in [0.1, 0.15) is 12.0 Å². The molecule has 0 aliphatic heterocycles. The molecule has 0 aliphatic carbocycles. The Morgan fingerprint density at radius 3 is 2.69 bits per heavy atom. The van der Waals surface area contributed by atoms with Crippen LogP contribution in [0.5, 0.6) is 0 Å². The van der Waals surface area contributed by atoms with Crippen LogP contribution in [-0.4, -0.2) is 11.5 Å². The van der Waals surface area contributed by atoms with E-state index in [-0.39, 0.29) is 0 Å². The number of nitrogens with zero attached hydrogens (tertiary/aromatic N) is 1. The average molecular weight is 255 g/mol. The quantitative estimate of drug-likeness (QED) is 0.853. The second-order valence-corrected chi connectivity index (χ2v) is 4.40. The van der Waals surface area contributed by atoms with Crippen molar-refractivity contribution in [2.24, 2.45) is 5.73 Å². The zero-order valence-corrected chi connectivity index (χ0v) is 10.2. The van der Waals surface area contributed by atoms with E-state index in [4.69, 9.17) is 28.9 Å². The maximum absolute atomic E-state index is 6.31. The zero-order valence-electron chi connectivity index (χ0n) is 8.71. The van der Waals surface area contributed by atoms with Crippen molar-refractivity contribution in [1.82, 2.24) is 4.98 Å². The van der Waals surface area contributed by atoms with Gasteiger partial charge in [-0.05, 0) is 43.1 Å². The lowest BCUT2D eigenvalue weighted by molar-refractivity contribution is 0.833. The lowest BCUT2D eigenvalue weighted by atomic mass is 10.1. The molecular formula is C12H12Cl2N2. The Kier molecular flexibility index (Phi) is 3.64. The summed E-state index contributed by atoms with van der Waals surface area (Å²) in [5.41, 5.74) is 7.43. The Labute approximate surface area is 104 Å². The number of nitrogens with two attached hydrogens (primary N) is 1.